The molecule has 0 atom stereocenters. The van der Waals surface area contributed by atoms with Crippen LogP contribution in [0.3, 0.4) is 0 Å². The maximum absolute atomic E-state index is 13.3. The highest BCUT2D eigenvalue weighted by atomic mass is 35.5. The number of thiophene rings is 1. The number of thioether (sulfide) groups is 1. The number of rotatable bonds is 5. The minimum absolute atomic E-state index is 0.110. The van der Waals surface area contributed by atoms with E-state index < -0.39 is 0 Å². The van der Waals surface area contributed by atoms with Crippen molar-refractivity contribution in [1.82, 2.24) is 9.55 Å². The average molecular weight is 470 g/mol. The number of carbonyl (C=O) groups is 1. The first-order valence-corrected chi connectivity index (χ1v) is 11.8. The second-order valence-corrected chi connectivity index (χ2v) is 9.47. The molecule has 8 heteroatoms. The van der Waals surface area contributed by atoms with Crippen LogP contribution in [0.4, 0.5) is 5.69 Å². The highest BCUT2D eigenvalue weighted by Crippen LogP contribution is 2.27. The van der Waals surface area contributed by atoms with Gasteiger partial charge in [0.15, 0.2) is 5.16 Å². The molecule has 0 spiro atoms. The zero-order valence-corrected chi connectivity index (χ0v) is 19.6. The molecule has 0 aliphatic carbocycles. The molecule has 0 fully saturated rings. The molecule has 0 aliphatic rings. The number of amides is 1. The van der Waals surface area contributed by atoms with E-state index in [0.717, 1.165) is 22.4 Å². The van der Waals surface area contributed by atoms with Gasteiger partial charge in [-0.2, -0.15) is 0 Å². The van der Waals surface area contributed by atoms with Crippen LogP contribution in [0.2, 0.25) is 5.02 Å². The first-order valence-electron chi connectivity index (χ1n) is 9.61. The molecule has 4 rings (SSSR count). The van der Waals surface area contributed by atoms with Crippen molar-refractivity contribution in [3.63, 3.8) is 0 Å². The van der Waals surface area contributed by atoms with Crippen LogP contribution >= 0.6 is 34.7 Å². The molecule has 5 nitrogen and oxygen atoms in total. The maximum atomic E-state index is 13.3. The van der Waals surface area contributed by atoms with E-state index >= 15 is 0 Å². The van der Waals surface area contributed by atoms with Gasteiger partial charge >= 0.3 is 0 Å². The lowest BCUT2D eigenvalue weighted by atomic mass is 10.1. The van der Waals surface area contributed by atoms with Gasteiger partial charge in [-0.1, -0.05) is 41.6 Å². The number of halogens is 1. The van der Waals surface area contributed by atoms with E-state index in [1.54, 1.807) is 16.7 Å². The van der Waals surface area contributed by atoms with Crippen molar-refractivity contribution in [3.05, 3.63) is 79.9 Å². The molecular formula is C23H20ClN3O2S2. The van der Waals surface area contributed by atoms with Crippen LogP contribution < -0.4 is 10.9 Å². The van der Waals surface area contributed by atoms with E-state index in [0.29, 0.717) is 26.1 Å². The standard InChI is InChI=1S/C23H20ClN3O2S2/c1-13-7-8-14(2)19(11-13)27-22(29)21-18(9-10-30-21)26-23(27)31-12-20(28)25-17-6-4-5-16(24)15(17)3/h4-11H,12H2,1-3H3,(H,25,28). The van der Waals surface area contributed by atoms with Crippen LogP contribution in [-0.4, -0.2) is 21.2 Å². The number of hydrogen-bond acceptors (Lipinski definition) is 5. The number of nitrogens with one attached hydrogen (secondary N) is 1. The molecule has 0 bridgehead atoms. The highest BCUT2D eigenvalue weighted by Gasteiger charge is 2.17. The number of carbonyl (C=O) groups excluding carboxylic acids is 1. The lowest BCUT2D eigenvalue weighted by Gasteiger charge is -2.15. The fourth-order valence-electron chi connectivity index (χ4n) is 3.22. The minimum atomic E-state index is -0.192. The van der Waals surface area contributed by atoms with Gasteiger partial charge in [-0.25, -0.2) is 4.98 Å². The van der Waals surface area contributed by atoms with Gasteiger partial charge in [0.05, 0.1) is 17.0 Å². The molecule has 2 heterocycles. The van der Waals surface area contributed by atoms with Gasteiger partial charge in [0.2, 0.25) is 5.91 Å². The van der Waals surface area contributed by atoms with Crippen LogP contribution in [-0.2, 0) is 4.79 Å². The molecule has 0 saturated heterocycles. The normalized spacial score (nSPS) is 11.1. The van der Waals surface area contributed by atoms with Crippen molar-refractivity contribution in [2.45, 2.75) is 25.9 Å². The molecule has 0 saturated carbocycles. The third-order valence-corrected chi connectivity index (χ3v) is 7.17. The molecule has 1 N–H and O–H groups in total. The lowest BCUT2D eigenvalue weighted by molar-refractivity contribution is -0.113. The monoisotopic (exact) mass is 469 g/mol. The summed E-state index contributed by atoms with van der Waals surface area (Å²) >= 11 is 8.76. The van der Waals surface area contributed by atoms with E-state index in [4.69, 9.17) is 11.6 Å². The molecule has 31 heavy (non-hydrogen) atoms. The zero-order chi connectivity index (χ0) is 22.1. The number of hydrogen-bond donors (Lipinski definition) is 1. The number of fused-ring (bicyclic) bond motifs is 1. The number of nitrogens with zero attached hydrogens (tertiary/aromatic N) is 2. The van der Waals surface area contributed by atoms with E-state index in [9.17, 15) is 9.59 Å². The Morgan fingerprint density at radius 3 is 2.81 bits per heavy atom. The molecule has 0 aliphatic heterocycles. The largest absolute Gasteiger partial charge is 0.325 e. The molecule has 1 amide bonds. The Bertz CT molecular complexity index is 1360. The average Bonchev–Trinajstić information content (AvgIpc) is 3.21. The van der Waals surface area contributed by atoms with E-state index in [1.807, 2.05) is 56.5 Å². The van der Waals surface area contributed by atoms with Crippen LogP contribution in [0.5, 0.6) is 0 Å². The Balaban J connectivity index is 1.68. The number of benzene rings is 2. The summed E-state index contributed by atoms with van der Waals surface area (Å²) < 4.78 is 2.22. The van der Waals surface area contributed by atoms with Crippen molar-refractivity contribution >= 4 is 56.5 Å². The maximum Gasteiger partial charge on any atom is 0.276 e. The summed E-state index contributed by atoms with van der Waals surface area (Å²) in [6.07, 6.45) is 0. The van der Waals surface area contributed by atoms with Crippen LogP contribution in [0.1, 0.15) is 16.7 Å². The first kappa shape index (κ1) is 21.6. The van der Waals surface area contributed by atoms with Crippen molar-refractivity contribution in [3.8, 4) is 5.69 Å². The quantitative estimate of drug-likeness (QED) is 0.298. The summed E-state index contributed by atoms with van der Waals surface area (Å²) in [6.45, 7) is 5.80. The summed E-state index contributed by atoms with van der Waals surface area (Å²) in [7, 11) is 0. The summed E-state index contributed by atoms with van der Waals surface area (Å²) in [4.78, 5) is 30.6. The second-order valence-electron chi connectivity index (χ2n) is 7.21. The van der Waals surface area contributed by atoms with Gasteiger partial charge in [0, 0.05) is 10.7 Å². The summed E-state index contributed by atoms with van der Waals surface area (Å²) in [6, 6.07) is 13.2. The van der Waals surface area contributed by atoms with Gasteiger partial charge in [0.1, 0.15) is 4.70 Å². The molecule has 2 aromatic heterocycles. The summed E-state index contributed by atoms with van der Waals surface area (Å²) in [5.41, 5.74) is 4.79. The van der Waals surface area contributed by atoms with Crippen LogP contribution in [0.15, 0.2) is 57.8 Å². The summed E-state index contributed by atoms with van der Waals surface area (Å²) in [5.74, 6) is -0.0821. The van der Waals surface area contributed by atoms with Crippen molar-refractivity contribution < 1.29 is 4.79 Å². The topological polar surface area (TPSA) is 64.0 Å². The molecule has 158 valence electrons. The third-order valence-electron chi connectivity index (χ3n) is 4.93. The predicted molar refractivity (Wildman–Crippen MR) is 130 cm³/mol. The SMILES string of the molecule is Cc1ccc(C)c(-n2c(SCC(=O)Nc3cccc(Cl)c3C)nc3ccsc3c2=O)c1. The Labute approximate surface area is 193 Å². The second kappa shape index (κ2) is 8.86. The van der Waals surface area contributed by atoms with Crippen LogP contribution in [0, 0.1) is 20.8 Å². The van der Waals surface area contributed by atoms with Crippen molar-refractivity contribution in [1.29, 1.82) is 0 Å². The molecule has 4 aromatic rings. The molecule has 2 aromatic carbocycles. The van der Waals surface area contributed by atoms with Crippen molar-refractivity contribution in [2.24, 2.45) is 0 Å². The van der Waals surface area contributed by atoms with Gasteiger partial charge in [-0.15, -0.1) is 11.3 Å². The smallest absolute Gasteiger partial charge is 0.276 e. The number of aryl methyl sites for hydroxylation is 2. The Hall–Kier alpha value is -2.61. The minimum Gasteiger partial charge on any atom is -0.325 e. The fraction of sp³-hybridized carbons (Fsp3) is 0.174. The zero-order valence-electron chi connectivity index (χ0n) is 17.2. The predicted octanol–water partition coefficient (Wildman–Crippen LogP) is 5.76. The Morgan fingerprint density at radius 2 is 2.00 bits per heavy atom. The summed E-state index contributed by atoms with van der Waals surface area (Å²) in [5, 5.41) is 5.83. The van der Waals surface area contributed by atoms with E-state index in [2.05, 4.69) is 10.3 Å². The number of anilines is 1. The molecule has 0 radical (unpaired) electrons. The molecular weight excluding hydrogens is 450 g/mol. The highest BCUT2D eigenvalue weighted by molar-refractivity contribution is 7.99. The molecule has 0 unspecified atom stereocenters. The first-order chi connectivity index (χ1) is 14.8. The van der Waals surface area contributed by atoms with E-state index in [-0.39, 0.29) is 17.2 Å². The van der Waals surface area contributed by atoms with Crippen LogP contribution in [0.25, 0.3) is 15.9 Å². The van der Waals surface area contributed by atoms with Gasteiger partial charge < -0.3 is 5.32 Å². The Morgan fingerprint density at radius 1 is 1.19 bits per heavy atom. The third kappa shape index (κ3) is 4.39. The van der Waals surface area contributed by atoms with Gasteiger partial charge in [-0.3, -0.25) is 14.2 Å². The van der Waals surface area contributed by atoms with E-state index in [1.165, 1.54) is 23.1 Å². The lowest BCUT2D eigenvalue weighted by Crippen LogP contribution is -2.23. The fourth-order valence-corrected chi connectivity index (χ4v) is 4.96. The van der Waals surface area contributed by atoms with Gasteiger partial charge in [0.25, 0.3) is 5.56 Å². The van der Waals surface area contributed by atoms with Crippen molar-refractivity contribution in [2.75, 3.05) is 11.1 Å². The Kier molecular flexibility index (Phi) is 6.18. The number of aromatic nitrogens is 2. The van der Waals surface area contributed by atoms with Gasteiger partial charge in [-0.05, 0) is 67.1 Å².